The first kappa shape index (κ1) is 10.2. The Balaban J connectivity index is 0. The van der Waals surface area contributed by atoms with Crippen molar-refractivity contribution in [3.63, 3.8) is 0 Å². The molecule has 0 unspecified atom stereocenters. The zero-order valence-corrected chi connectivity index (χ0v) is 5.85. The van der Waals surface area contributed by atoms with Gasteiger partial charge in [0.05, 0.1) is 0 Å². The summed E-state index contributed by atoms with van der Waals surface area (Å²) in [6.45, 7) is -0.438. The van der Waals surface area contributed by atoms with Crippen LogP contribution >= 0.6 is 0 Å². The van der Waals surface area contributed by atoms with Gasteiger partial charge in [-0.25, -0.2) is 0 Å². The van der Waals surface area contributed by atoms with Crippen molar-refractivity contribution >= 4 is 37.7 Å². The third kappa shape index (κ3) is 8.95. The maximum absolute atomic E-state index is 9.33. The second kappa shape index (κ2) is 9.49. The maximum Gasteiger partial charge on any atom is 2.00 e. The van der Waals surface area contributed by atoms with E-state index in [1.807, 2.05) is 0 Å². The predicted octanol–water partition coefficient (Wildman–Crippen LogP) is -2.28. The van der Waals surface area contributed by atoms with E-state index < -0.39 is 0 Å². The van der Waals surface area contributed by atoms with Crippen LogP contribution in [0.15, 0.2) is 0 Å². The fourth-order valence-electron chi connectivity index (χ4n) is 0.0589. The molecule has 0 heterocycles. The first-order chi connectivity index (χ1) is 2.41. The van der Waals surface area contributed by atoms with Gasteiger partial charge in [-0.2, -0.15) is 0 Å². The third-order valence-electron chi connectivity index (χ3n) is 0.289. The molecule has 0 N–H and O–H groups in total. The quantitative estimate of drug-likeness (QED) is 0.379. The molecule has 0 saturated carbocycles. The number of hydrogen-bond acceptors (Lipinski definition) is 2. The molecule has 0 spiro atoms. The van der Waals surface area contributed by atoms with Gasteiger partial charge in [-0.15, -0.1) is 13.2 Å². The number of hydrogen-bond donors (Lipinski definition) is 0. The van der Waals surface area contributed by atoms with Crippen LogP contribution in [0.1, 0.15) is 6.42 Å². The van der Waals surface area contributed by atoms with Crippen molar-refractivity contribution in [2.75, 3.05) is 13.2 Å². The number of rotatable bonds is 2. The zero-order valence-electron chi connectivity index (χ0n) is 3.64. The predicted molar refractivity (Wildman–Crippen MR) is 20.1 cm³/mol. The van der Waals surface area contributed by atoms with E-state index in [1.54, 1.807) is 0 Å². The Kier molecular flexibility index (Phi) is 16.2. The molecule has 0 aromatic rings. The Hall–Kier alpha value is 1.18. The van der Waals surface area contributed by atoms with Gasteiger partial charge < -0.3 is 10.2 Å². The standard InChI is InChI=1S/C3H6O2.Ca/c4-2-1-3-5;/h1-3H2;/q-2;+2. The third-order valence-corrected chi connectivity index (χ3v) is 0.289. The molecule has 2 nitrogen and oxygen atoms in total. The molecule has 32 valence electrons. The van der Waals surface area contributed by atoms with Crippen molar-refractivity contribution < 1.29 is 10.2 Å². The molecule has 0 bridgehead atoms. The molecule has 0 radical (unpaired) electrons. The molecule has 0 atom stereocenters. The molecule has 0 saturated heterocycles. The average Bonchev–Trinajstić information content (AvgIpc) is 1.41. The van der Waals surface area contributed by atoms with Crippen LogP contribution in [0.3, 0.4) is 0 Å². The second-order valence-corrected chi connectivity index (χ2v) is 0.762. The van der Waals surface area contributed by atoms with Gasteiger partial charge >= 0.3 is 37.7 Å². The van der Waals surface area contributed by atoms with E-state index in [0.29, 0.717) is 0 Å². The van der Waals surface area contributed by atoms with E-state index in [0.717, 1.165) is 0 Å². The van der Waals surface area contributed by atoms with Gasteiger partial charge in [0, 0.05) is 0 Å². The molecule has 0 aromatic carbocycles. The molecular weight excluding hydrogens is 108 g/mol. The van der Waals surface area contributed by atoms with Crippen molar-refractivity contribution in [2.45, 2.75) is 6.42 Å². The van der Waals surface area contributed by atoms with E-state index in [2.05, 4.69) is 0 Å². The van der Waals surface area contributed by atoms with Crippen molar-refractivity contribution in [2.24, 2.45) is 0 Å². The molecular formula is C3H6CaO2. The van der Waals surface area contributed by atoms with Crippen LogP contribution in [0, 0.1) is 0 Å². The fraction of sp³-hybridized carbons (Fsp3) is 1.00. The SMILES string of the molecule is [Ca+2].[O-]CCC[O-]. The topological polar surface area (TPSA) is 46.1 Å². The van der Waals surface area contributed by atoms with Crippen LogP contribution < -0.4 is 10.2 Å². The first-order valence-electron chi connectivity index (χ1n) is 1.58. The Labute approximate surface area is 67.2 Å². The van der Waals surface area contributed by atoms with E-state index in [-0.39, 0.29) is 57.4 Å². The summed E-state index contributed by atoms with van der Waals surface area (Å²) in [5.74, 6) is 0. The Morgan fingerprint density at radius 2 is 1.33 bits per heavy atom. The Morgan fingerprint density at radius 3 is 1.33 bits per heavy atom. The first-order valence-corrected chi connectivity index (χ1v) is 1.58. The molecule has 0 amide bonds. The minimum atomic E-state index is -0.219. The van der Waals surface area contributed by atoms with E-state index in [4.69, 9.17) is 0 Å². The van der Waals surface area contributed by atoms with Crippen molar-refractivity contribution in [3.05, 3.63) is 0 Å². The van der Waals surface area contributed by atoms with Gasteiger partial charge in [-0.05, 0) is 0 Å². The molecule has 0 aliphatic carbocycles. The van der Waals surface area contributed by atoms with Crippen LogP contribution in [0.25, 0.3) is 0 Å². The Bertz CT molecular complexity index is 16.3. The summed E-state index contributed by atoms with van der Waals surface area (Å²) in [7, 11) is 0. The molecule has 6 heavy (non-hydrogen) atoms. The second-order valence-electron chi connectivity index (χ2n) is 0.762. The van der Waals surface area contributed by atoms with Gasteiger partial charge in [0.2, 0.25) is 0 Å². The monoisotopic (exact) mass is 114 g/mol. The summed E-state index contributed by atoms with van der Waals surface area (Å²) >= 11 is 0. The minimum Gasteiger partial charge on any atom is -0.854 e. The summed E-state index contributed by atoms with van der Waals surface area (Å²) in [4.78, 5) is 0. The summed E-state index contributed by atoms with van der Waals surface area (Å²) in [6.07, 6.45) is 0.278. The van der Waals surface area contributed by atoms with Gasteiger partial charge in [0.25, 0.3) is 0 Å². The van der Waals surface area contributed by atoms with Crippen LogP contribution in [-0.2, 0) is 0 Å². The van der Waals surface area contributed by atoms with Crippen LogP contribution in [0.2, 0.25) is 0 Å². The molecule has 0 rings (SSSR count). The summed E-state index contributed by atoms with van der Waals surface area (Å²) in [5, 5.41) is 18.7. The van der Waals surface area contributed by atoms with Crippen molar-refractivity contribution in [3.8, 4) is 0 Å². The maximum atomic E-state index is 9.33. The van der Waals surface area contributed by atoms with Crippen molar-refractivity contribution in [1.29, 1.82) is 0 Å². The minimum absolute atomic E-state index is 0. The smallest absolute Gasteiger partial charge is 0.854 e. The molecule has 0 fully saturated rings. The van der Waals surface area contributed by atoms with Gasteiger partial charge in [0.15, 0.2) is 0 Å². The summed E-state index contributed by atoms with van der Waals surface area (Å²) < 4.78 is 0. The van der Waals surface area contributed by atoms with Crippen LogP contribution in [-0.4, -0.2) is 51.0 Å². The molecule has 0 aliphatic rings. The molecule has 0 aliphatic heterocycles. The van der Waals surface area contributed by atoms with Gasteiger partial charge in [-0.3, -0.25) is 0 Å². The molecule has 0 aromatic heterocycles. The van der Waals surface area contributed by atoms with E-state index >= 15 is 0 Å². The van der Waals surface area contributed by atoms with Crippen LogP contribution in [0.4, 0.5) is 0 Å². The molecule has 3 heteroatoms. The average molecular weight is 114 g/mol. The van der Waals surface area contributed by atoms with Crippen LogP contribution in [0.5, 0.6) is 0 Å². The van der Waals surface area contributed by atoms with Crippen molar-refractivity contribution in [1.82, 2.24) is 0 Å². The zero-order chi connectivity index (χ0) is 4.12. The van der Waals surface area contributed by atoms with Gasteiger partial charge in [-0.1, -0.05) is 6.42 Å². The fourth-order valence-corrected chi connectivity index (χ4v) is 0.0589. The summed E-state index contributed by atoms with van der Waals surface area (Å²) in [6, 6.07) is 0. The normalized spacial score (nSPS) is 7.00. The largest absolute Gasteiger partial charge is 2.00 e. The van der Waals surface area contributed by atoms with E-state index in [9.17, 15) is 10.2 Å². The summed E-state index contributed by atoms with van der Waals surface area (Å²) in [5.41, 5.74) is 0. The Morgan fingerprint density at radius 1 is 1.00 bits per heavy atom. The van der Waals surface area contributed by atoms with Gasteiger partial charge in [0.1, 0.15) is 0 Å². The van der Waals surface area contributed by atoms with E-state index in [1.165, 1.54) is 0 Å².